The molecule has 0 aromatic rings. The van der Waals surface area contributed by atoms with E-state index in [-0.39, 0.29) is 29.1 Å². The molecule has 1 rings (SSSR count). The molecule has 3 nitrogen and oxygen atoms in total. The van der Waals surface area contributed by atoms with Crippen LogP contribution in [0.2, 0.25) is 0 Å². The molecule has 1 saturated heterocycles. The number of sulfone groups is 1. The minimum atomic E-state index is -2.91. The van der Waals surface area contributed by atoms with Crippen LogP contribution in [0.1, 0.15) is 33.1 Å². The van der Waals surface area contributed by atoms with Crippen molar-refractivity contribution in [1.82, 2.24) is 0 Å². The van der Waals surface area contributed by atoms with Gasteiger partial charge in [-0.2, -0.15) is 0 Å². The lowest BCUT2D eigenvalue weighted by molar-refractivity contribution is -0.126. The molecule has 1 fully saturated rings. The van der Waals surface area contributed by atoms with E-state index in [9.17, 15) is 13.2 Å². The van der Waals surface area contributed by atoms with E-state index in [0.717, 1.165) is 12.8 Å². The predicted molar refractivity (Wildman–Crippen MR) is 55.8 cm³/mol. The number of hydrogen-bond acceptors (Lipinski definition) is 3. The van der Waals surface area contributed by atoms with E-state index in [1.807, 2.05) is 13.8 Å². The zero-order chi connectivity index (χ0) is 10.8. The molecule has 0 saturated carbocycles. The Morgan fingerprint density at radius 2 is 1.93 bits per heavy atom. The second kappa shape index (κ2) is 4.43. The van der Waals surface area contributed by atoms with Gasteiger partial charge < -0.3 is 0 Å². The zero-order valence-electron chi connectivity index (χ0n) is 8.82. The Balaban J connectivity index is 2.63. The van der Waals surface area contributed by atoms with Crippen LogP contribution in [-0.2, 0) is 14.6 Å². The Morgan fingerprint density at radius 1 is 1.36 bits per heavy atom. The number of carbonyl (C=O) groups excluding carboxylic acids is 1. The van der Waals surface area contributed by atoms with E-state index in [1.165, 1.54) is 0 Å². The fraction of sp³-hybridized carbons (Fsp3) is 0.900. The number of Topliss-reactive ketones (excluding diaryl/α,β-unsaturated/α-hetero) is 1. The normalized spacial score (nSPS) is 25.5. The first kappa shape index (κ1) is 11.7. The summed E-state index contributed by atoms with van der Waals surface area (Å²) in [6, 6.07) is 0. The smallest absolute Gasteiger partial charge is 0.151 e. The van der Waals surface area contributed by atoms with Crippen LogP contribution in [0, 0.1) is 11.8 Å². The summed E-state index contributed by atoms with van der Waals surface area (Å²) in [5.41, 5.74) is 0. The van der Waals surface area contributed by atoms with Gasteiger partial charge in [-0.25, -0.2) is 8.42 Å². The summed E-state index contributed by atoms with van der Waals surface area (Å²) in [6.45, 7) is 3.96. The molecule has 0 bridgehead atoms. The Hall–Kier alpha value is -0.380. The summed E-state index contributed by atoms with van der Waals surface area (Å²) in [4.78, 5) is 11.8. The van der Waals surface area contributed by atoms with E-state index in [2.05, 4.69) is 0 Å². The van der Waals surface area contributed by atoms with Gasteiger partial charge in [-0.3, -0.25) is 4.79 Å². The van der Waals surface area contributed by atoms with Crippen molar-refractivity contribution in [3.8, 4) is 0 Å². The van der Waals surface area contributed by atoms with Crippen molar-refractivity contribution in [3.05, 3.63) is 0 Å². The number of rotatable bonds is 4. The topological polar surface area (TPSA) is 51.2 Å². The van der Waals surface area contributed by atoms with E-state index >= 15 is 0 Å². The highest BCUT2D eigenvalue weighted by atomic mass is 32.2. The average Bonchev–Trinajstić information content (AvgIpc) is 2.48. The Bertz CT molecular complexity index is 301. The predicted octanol–water partition coefficient (Wildman–Crippen LogP) is 1.43. The van der Waals surface area contributed by atoms with Crippen molar-refractivity contribution in [3.63, 3.8) is 0 Å². The summed E-state index contributed by atoms with van der Waals surface area (Å²) in [5.74, 6) is 0.292. The molecule has 0 aromatic carbocycles. The zero-order valence-corrected chi connectivity index (χ0v) is 9.64. The maximum atomic E-state index is 11.8. The van der Waals surface area contributed by atoms with Crippen molar-refractivity contribution >= 4 is 15.6 Å². The highest BCUT2D eigenvalue weighted by molar-refractivity contribution is 7.91. The first-order valence-corrected chi connectivity index (χ1v) is 7.06. The number of carbonyl (C=O) groups is 1. The van der Waals surface area contributed by atoms with Crippen LogP contribution in [0.15, 0.2) is 0 Å². The second-order valence-electron chi connectivity index (χ2n) is 4.02. The molecule has 1 heterocycles. The third kappa shape index (κ3) is 2.56. The molecule has 14 heavy (non-hydrogen) atoms. The Labute approximate surface area is 85.8 Å². The van der Waals surface area contributed by atoms with Gasteiger partial charge in [0.05, 0.1) is 11.5 Å². The average molecular weight is 218 g/mol. The SMILES string of the molecule is CCC(CC)C(=O)C1CCS(=O)(=O)C1. The number of hydrogen-bond donors (Lipinski definition) is 0. The molecule has 1 atom stereocenters. The van der Waals surface area contributed by atoms with Crippen LogP contribution in [0.25, 0.3) is 0 Å². The van der Waals surface area contributed by atoms with Gasteiger partial charge in [0, 0.05) is 11.8 Å². The fourth-order valence-corrected chi connectivity index (χ4v) is 3.80. The molecule has 0 aromatic heterocycles. The van der Waals surface area contributed by atoms with Gasteiger partial charge in [0.2, 0.25) is 0 Å². The molecule has 1 aliphatic rings. The van der Waals surface area contributed by atoms with Crippen LogP contribution >= 0.6 is 0 Å². The third-order valence-corrected chi connectivity index (χ3v) is 4.79. The van der Waals surface area contributed by atoms with Crippen LogP contribution < -0.4 is 0 Å². The monoisotopic (exact) mass is 218 g/mol. The molecular formula is C10H18O3S. The summed E-state index contributed by atoms with van der Waals surface area (Å²) in [7, 11) is -2.91. The van der Waals surface area contributed by atoms with Crippen molar-refractivity contribution in [2.75, 3.05) is 11.5 Å². The van der Waals surface area contributed by atoms with E-state index < -0.39 is 9.84 Å². The first-order chi connectivity index (χ1) is 6.50. The lowest BCUT2D eigenvalue weighted by Crippen LogP contribution is -2.23. The van der Waals surface area contributed by atoms with Crippen molar-refractivity contribution in [1.29, 1.82) is 0 Å². The van der Waals surface area contributed by atoms with Crippen LogP contribution in [0.3, 0.4) is 0 Å². The molecule has 0 amide bonds. The van der Waals surface area contributed by atoms with Crippen LogP contribution in [-0.4, -0.2) is 25.7 Å². The molecule has 1 unspecified atom stereocenters. The van der Waals surface area contributed by atoms with Gasteiger partial charge >= 0.3 is 0 Å². The first-order valence-electron chi connectivity index (χ1n) is 5.24. The quantitative estimate of drug-likeness (QED) is 0.717. The van der Waals surface area contributed by atoms with Crippen molar-refractivity contribution < 1.29 is 13.2 Å². The van der Waals surface area contributed by atoms with E-state index in [0.29, 0.717) is 6.42 Å². The number of ketones is 1. The molecule has 1 aliphatic heterocycles. The molecule has 0 spiro atoms. The van der Waals surface area contributed by atoms with Gasteiger partial charge in [0.15, 0.2) is 9.84 Å². The van der Waals surface area contributed by atoms with Gasteiger partial charge in [-0.1, -0.05) is 13.8 Å². The van der Waals surface area contributed by atoms with Crippen LogP contribution in [0.4, 0.5) is 0 Å². The molecular weight excluding hydrogens is 200 g/mol. The summed E-state index contributed by atoms with van der Waals surface area (Å²) < 4.78 is 22.4. The van der Waals surface area contributed by atoms with Gasteiger partial charge in [-0.05, 0) is 19.3 Å². The molecule has 82 valence electrons. The highest BCUT2D eigenvalue weighted by Crippen LogP contribution is 2.24. The van der Waals surface area contributed by atoms with Crippen molar-refractivity contribution in [2.45, 2.75) is 33.1 Å². The van der Waals surface area contributed by atoms with E-state index in [4.69, 9.17) is 0 Å². The largest absolute Gasteiger partial charge is 0.299 e. The van der Waals surface area contributed by atoms with Gasteiger partial charge in [-0.15, -0.1) is 0 Å². The molecule has 0 N–H and O–H groups in total. The molecule has 0 aliphatic carbocycles. The lowest BCUT2D eigenvalue weighted by Gasteiger charge is -2.14. The van der Waals surface area contributed by atoms with Gasteiger partial charge in [0.25, 0.3) is 0 Å². The standard InChI is InChI=1S/C10H18O3S/c1-3-8(4-2)10(11)9-5-6-14(12,13)7-9/h8-9H,3-7H2,1-2H3. The molecule has 4 heteroatoms. The van der Waals surface area contributed by atoms with Crippen molar-refractivity contribution in [2.24, 2.45) is 11.8 Å². The minimum Gasteiger partial charge on any atom is -0.299 e. The fourth-order valence-electron chi connectivity index (χ4n) is 2.04. The second-order valence-corrected chi connectivity index (χ2v) is 6.24. The van der Waals surface area contributed by atoms with Crippen LogP contribution in [0.5, 0.6) is 0 Å². The third-order valence-electron chi connectivity index (χ3n) is 3.02. The summed E-state index contributed by atoms with van der Waals surface area (Å²) >= 11 is 0. The maximum absolute atomic E-state index is 11.8. The maximum Gasteiger partial charge on any atom is 0.151 e. The minimum absolute atomic E-state index is 0.0632. The summed E-state index contributed by atoms with van der Waals surface area (Å²) in [6.07, 6.45) is 2.19. The molecule has 0 radical (unpaired) electrons. The Kier molecular flexibility index (Phi) is 3.70. The lowest BCUT2D eigenvalue weighted by atomic mass is 9.89. The Morgan fingerprint density at radius 3 is 2.29 bits per heavy atom. The highest BCUT2D eigenvalue weighted by Gasteiger charge is 2.34. The van der Waals surface area contributed by atoms with E-state index in [1.54, 1.807) is 0 Å². The summed E-state index contributed by atoms with van der Waals surface area (Å²) in [5, 5.41) is 0. The van der Waals surface area contributed by atoms with Gasteiger partial charge in [0.1, 0.15) is 5.78 Å².